The van der Waals surface area contributed by atoms with Gasteiger partial charge < -0.3 is 34.3 Å². The molecule has 1 aliphatic heterocycles. The van der Waals surface area contributed by atoms with E-state index in [1.54, 1.807) is 6.92 Å². The number of aliphatic hydroxyl groups excluding tert-OH is 3. The molecule has 1 unspecified atom stereocenters. The van der Waals surface area contributed by atoms with Gasteiger partial charge in [0.15, 0.2) is 11.9 Å². The van der Waals surface area contributed by atoms with Crippen LogP contribution in [-0.4, -0.2) is 71.4 Å². The molecule has 0 radical (unpaired) electrons. The largest absolute Gasteiger partial charge is 0.505 e. The number of carbonyl (C=O) groups excluding carboxylic acids is 3. The highest BCUT2D eigenvalue weighted by atomic mass is 16.6. The van der Waals surface area contributed by atoms with Crippen LogP contribution in [0.25, 0.3) is 0 Å². The van der Waals surface area contributed by atoms with Crippen molar-refractivity contribution in [2.75, 3.05) is 19.8 Å². The third-order valence-electron chi connectivity index (χ3n) is 6.48. The van der Waals surface area contributed by atoms with Crippen molar-refractivity contribution < 1.29 is 48.7 Å². The standard InChI is InChI=1S/C29H50O10/c1-3-5-6-7-8-9-10-11-12-13-14-15-16-18-25(33)36-19-22(30)20-38-28-26(34)27(39-29(28)35)23(31)21-37-24(32)17-4-2/h22-23,27,30-31,34H,3-21H2,1-2H3/t22?,23-,27+/m0/s1. The Balaban J connectivity index is 2.12. The van der Waals surface area contributed by atoms with Gasteiger partial charge in [0.25, 0.3) is 0 Å². The number of esters is 3. The minimum Gasteiger partial charge on any atom is -0.505 e. The summed E-state index contributed by atoms with van der Waals surface area (Å²) in [6.07, 6.45) is 12.7. The van der Waals surface area contributed by atoms with Crippen LogP contribution >= 0.6 is 0 Å². The Hall–Kier alpha value is -2.33. The lowest BCUT2D eigenvalue weighted by atomic mass is 10.0. The number of rotatable bonds is 24. The van der Waals surface area contributed by atoms with Gasteiger partial charge in [0, 0.05) is 12.8 Å². The van der Waals surface area contributed by atoms with Crippen molar-refractivity contribution in [3.63, 3.8) is 0 Å². The first-order valence-electron chi connectivity index (χ1n) is 14.7. The van der Waals surface area contributed by atoms with Gasteiger partial charge in [-0.05, 0) is 12.8 Å². The zero-order valence-corrected chi connectivity index (χ0v) is 23.9. The molecular formula is C29H50O10. The zero-order chi connectivity index (χ0) is 28.9. The molecule has 1 aliphatic rings. The Kier molecular flexibility index (Phi) is 19.1. The number of ether oxygens (including phenoxy) is 4. The molecule has 0 amide bonds. The first-order chi connectivity index (χ1) is 18.8. The van der Waals surface area contributed by atoms with E-state index in [0.29, 0.717) is 6.42 Å². The molecule has 0 aliphatic carbocycles. The molecule has 1 heterocycles. The first-order valence-corrected chi connectivity index (χ1v) is 14.7. The molecule has 0 saturated carbocycles. The summed E-state index contributed by atoms with van der Waals surface area (Å²) < 4.78 is 20.0. The fourth-order valence-corrected chi connectivity index (χ4v) is 4.17. The smallest absolute Gasteiger partial charge is 0.378 e. The van der Waals surface area contributed by atoms with Crippen molar-refractivity contribution in [1.82, 2.24) is 0 Å². The molecule has 3 N–H and O–H groups in total. The second kappa shape index (κ2) is 21.5. The van der Waals surface area contributed by atoms with E-state index in [1.807, 2.05) is 0 Å². The highest BCUT2D eigenvalue weighted by molar-refractivity contribution is 5.89. The van der Waals surface area contributed by atoms with E-state index in [1.165, 1.54) is 64.2 Å². The summed E-state index contributed by atoms with van der Waals surface area (Å²) in [6, 6.07) is 0. The van der Waals surface area contributed by atoms with Gasteiger partial charge in [0.2, 0.25) is 5.76 Å². The fourth-order valence-electron chi connectivity index (χ4n) is 4.17. The summed E-state index contributed by atoms with van der Waals surface area (Å²) >= 11 is 0. The van der Waals surface area contributed by atoms with Crippen LogP contribution < -0.4 is 0 Å². The van der Waals surface area contributed by atoms with Gasteiger partial charge in [-0.3, -0.25) is 9.59 Å². The molecule has 3 atom stereocenters. The molecule has 10 heteroatoms. The highest BCUT2D eigenvalue weighted by Gasteiger charge is 2.41. The molecule has 0 aromatic rings. The maximum Gasteiger partial charge on any atom is 0.378 e. The van der Waals surface area contributed by atoms with Gasteiger partial charge in [0.05, 0.1) is 0 Å². The maximum absolute atomic E-state index is 12.0. The molecule has 0 fully saturated rings. The van der Waals surface area contributed by atoms with Crippen molar-refractivity contribution in [2.45, 2.75) is 135 Å². The van der Waals surface area contributed by atoms with Crippen LogP contribution in [0.1, 0.15) is 117 Å². The van der Waals surface area contributed by atoms with Gasteiger partial charge in [-0.25, -0.2) is 4.79 Å². The maximum atomic E-state index is 12.0. The van der Waals surface area contributed by atoms with Crippen molar-refractivity contribution in [3.8, 4) is 0 Å². The van der Waals surface area contributed by atoms with Gasteiger partial charge in [-0.15, -0.1) is 0 Å². The summed E-state index contributed by atoms with van der Waals surface area (Å²) in [5, 5.41) is 30.3. The average Bonchev–Trinajstić information content (AvgIpc) is 3.20. The van der Waals surface area contributed by atoms with Crippen LogP contribution in [-0.2, 0) is 33.3 Å². The molecule has 39 heavy (non-hydrogen) atoms. The van der Waals surface area contributed by atoms with Crippen LogP contribution in [0.4, 0.5) is 0 Å². The Morgan fingerprint density at radius 3 is 1.82 bits per heavy atom. The minimum atomic E-state index is -1.48. The number of hydrogen-bond donors (Lipinski definition) is 3. The lowest BCUT2D eigenvalue weighted by Crippen LogP contribution is -2.33. The fraction of sp³-hybridized carbons (Fsp3) is 0.828. The predicted octanol–water partition coefficient (Wildman–Crippen LogP) is 4.79. The van der Waals surface area contributed by atoms with Crippen molar-refractivity contribution in [3.05, 3.63) is 11.5 Å². The van der Waals surface area contributed by atoms with Crippen LogP contribution in [0.15, 0.2) is 11.5 Å². The number of carbonyl (C=O) groups is 3. The Morgan fingerprint density at radius 2 is 1.26 bits per heavy atom. The van der Waals surface area contributed by atoms with Crippen LogP contribution in [0.2, 0.25) is 0 Å². The van der Waals surface area contributed by atoms with E-state index in [2.05, 4.69) is 6.92 Å². The lowest BCUT2D eigenvalue weighted by Gasteiger charge is -2.17. The molecule has 0 spiro atoms. The van der Waals surface area contributed by atoms with E-state index in [4.69, 9.17) is 18.9 Å². The predicted molar refractivity (Wildman–Crippen MR) is 145 cm³/mol. The van der Waals surface area contributed by atoms with Crippen LogP contribution in [0, 0.1) is 0 Å². The van der Waals surface area contributed by atoms with Gasteiger partial charge >= 0.3 is 17.9 Å². The number of aliphatic hydroxyl groups is 3. The zero-order valence-electron chi connectivity index (χ0n) is 23.9. The average molecular weight is 559 g/mol. The molecule has 0 bridgehead atoms. The molecule has 226 valence electrons. The van der Waals surface area contributed by atoms with Gasteiger partial charge in [-0.2, -0.15) is 0 Å². The van der Waals surface area contributed by atoms with Crippen molar-refractivity contribution in [2.24, 2.45) is 0 Å². The highest BCUT2D eigenvalue weighted by Crippen LogP contribution is 2.24. The molecule has 1 rings (SSSR count). The monoisotopic (exact) mass is 558 g/mol. The quantitative estimate of drug-likeness (QED) is 0.0857. The Labute approximate surface area is 233 Å². The van der Waals surface area contributed by atoms with E-state index < -0.39 is 61.0 Å². The normalized spacial score (nSPS) is 16.6. The molecule has 0 saturated heterocycles. The van der Waals surface area contributed by atoms with Gasteiger partial charge in [-0.1, -0.05) is 90.9 Å². The summed E-state index contributed by atoms with van der Waals surface area (Å²) in [5.41, 5.74) is 0. The number of cyclic esters (lactones) is 1. The summed E-state index contributed by atoms with van der Waals surface area (Å²) in [4.78, 5) is 35.3. The second-order valence-corrected chi connectivity index (χ2v) is 10.2. The van der Waals surface area contributed by atoms with Crippen LogP contribution in [0.5, 0.6) is 0 Å². The van der Waals surface area contributed by atoms with E-state index in [0.717, 1.165) is 19.3 Å². The second-order valence-electron chi connectivity index (χ2n) is 10.2. The molecular weight excluding hydrogens is 508 g/mol. The number of hydrogen-bond acceptors (Lipinski definition) is 10. The van der Waals surface area contributed by atoms with Gasteiger partial charge in [0.1, 0.15) is 32.0 Å². The SMILES string of the molecule is CCCCCCCCCCCCCCCC(=O)OCC(O)COC1=C(O)[C@@H]([C@@H](O)COC(=O)CCC)OC1=O. The van der Waals surface area contributed by atoms with Crippen molar-refractivity contribution in [1.29, 1.82) is 0 Å². The first kappa shape index (κ1) is 34.7. The van der Waals surface area contributed by atoms with E-state index in [9.17, 15) is 29.7 Å². The summed E-state index contributed by atoms with van der Waals surface area (Å²) in [5.74, 6) is -3.18. The van der Waals surface area contributed by atoms with E-state index >= 15 is 0 Å². The Bertz CT molecular complexity index is 736. The van der Waals surface area contributed by atoms with Crippen LogP contribution in [0.3, 0.4) is 0 Å². The Morgan fingerprint density at radius 1 is 0.744 bits per heavy atom. The van der Waals surface area contributed by atoms with Crippen molar-refractivity contribution >= 4 is 17.9 Å². The third kappa shape index (κ3) is 15.8. The molecule has 10 nitrogen and oxygen atoms in total. The third-order valence-corrected chi connectivity index (χ3v) is 6.48. The molecule has 0 aromatic heterocycles. The topological polar surface area (TPSA) is 149 Å². The minimum absolute atomic E-state index is 0.176. The molecule has 0 aromatic carbocycles. The summed E-state index contributed by atoms with van der Waals surface area (Å²) in [6.45, 7) is 2.81. The lowest BCUT2D eigenvalue weighted by molar-refractivity contribution is -0.155. The van der Waals surface area contributed by atoms with E-state index in [-0.39, 0.29) is 19.4 Å². The summed E-state index contributed by atoms with van der Waals surface area (Å²) in [7, 11) is 0. The number of unbranched alkanes of at least 4 members (excludes halogenated alkanes) is 12.